The highest BCUT2D eigenvalue weighted by Gasteiger charge is 2.47. The summed E-state index contributed by atoms with van der Waals surface area (Å²) < 4.78 is 10.3. The maximum absolute atomic E-state index is 12.2. The summed E-state index contributed by atoms with van der Waals surface area (Å²) in [5.74, 6) is -0.196. The van der Waals surface area contributed by atoms with E-state index in [9.17, 15) is 50.1 Å². The van der Waals surface area contributed by atoms with Gasteiger partial charge in [-0.05, 0) is 25.5 Å². The second-order valence-corrected chi connectivity index (χ2v) is 9.59. The van der Waals surface area contributed by atoms with Crippen LogP contribution in [0.25, 0.3) is 0 Å². The molecule has 2 amide bonds. The minimum atomic E-state index is -2.20. The Hall–Kier alpha value is -1.44. The molecule has 0 radical (unpaired) electrons. The van der Waals surface area contributed by atoms with Crippen LogP contribution in [0.5, 0.6) is 0 Å². The summed E-state index contributed by atoms with van der Waals surface area (Å²) in [4.78, 5) is 39.6. The van der Waals surface area contributed by atoms with Gasteiger partial charge in [-0.1, -0.05) is 0 Å². The van der Waals surface area contributed by atoms with Crippen LogP contribution in [0.15, 0.2) is 0 Å². The second kappa shape index (κ2) is 18.0. The van der Waals surface area contributed by atoms with Gasteiger partial charge < -0.3 is 55.3 Å². The molecule has 1 aliphatic rings. The summed E-state index contributed by atoms with van der Waals surface area (Å²) in [5.41, 5.74) is 1.80. The number of unbranched alkanes of at least 4 members (excludes halogenated alkanes) is 1. The molecule has 0 aliphatic carbocycles. The van der Waals surface area contributed by atoms with E-state index in [1.54, 1.807) is 24.2 Å². The van der Waals surface area contributed by atoms with Crippen LogP contribution in [0.1, 0.15) is 26.2 Å². The highest BCUT2D eigenvalue weighted by Crippen LogP contribution is 2.24. The standard InChI is InChI=1S/C21H38N2O13S/c1-11(26)4-2-3-6-37-7-5-22-14(28)10-34-23-20(33)18(32)19(12(27)8-24)36-21-17(31)16(30)15(29)13(9-25)35-21/h12-13,15-19,21,24-25,27,29-32H,2-10H2,1H3,(H,22,28)(H,23,33)/t12?,13?,15-,16?,17?,18?,19+,21+/m0/s1. The summed E-state index contributed by atoms with van der Waals surface area (Å²) >= 11 is 1.60. The van der Waals surface area contributed by atoms with E-state index in [0.29, 0.717) is 18.7 Å². The van der Waals surface area contributed by atoms with Crippen LogP contribution in [0.4, 0.5) is 0 Å². The Balaban J connectivity index is 2.44. The zero-order valence-electron chi connectivity index (χ0n) is 20.5. The van der Waals surface area contributed by atoms with Crippen LogP contribution in [0.3, 0.4) is 0 Å². The average Bonchev–Trinajstić information content (AvgIpc) is 2.87. The Morgan fingerprint density at radius 3 is 2.35 bits per heavy atom. The number of amides is 2. The Morgan fingerprint density at radius 1 is 1.03 bits per heavy atom. The number of aliphatic hydroxyl groups is 7. The number of carbonyl (C=O) groups is 3. The van der Waals surface area contributed by atoms with Gasteiger partial charge in [-0.25, -0.2) is 5.48 Å². The molecule has 16 heteroatoms. The first kappa shape index (κ1) is 33.6. The van der Waals surface area contributed by atoms with Crippen LogP contribution in [0.2, 0.25) is 0 Å². The third kappa shape index (κ3) is 11.9. The van der Waals surface area contributed by atoms with Crippen molar-refractivity contribution in [2.45, 2.75) is 75.2 Å². The Bertz CT molecular complexity index is 701. The quantitative estimate of drug-likeness (QED) is 0.0569. The molecule has 1 fully saturated rings. The molecule has 0 aromatic carbocycles. The first-order valence-corrected chi connectivity index (χ1v) is 12.9. The lowest BCUT2D eigenvalue weighted by atomic mass is 9.99. The van der Waals surface area contributed by atoms with Gasteiger partial charge in [0.1, 0.15) is 42.4 Å². The van der Waals surface area contributed by atoms with E-state index in [-0.39, 0.29) is 5.78 Å². The molecule has 0 aromatic rings. The van der Waals surface area contributed by atoms with Crippen molar-refractivity contribution in [2.75, 3.05) is 37.9 Å². The molecule has 9 N–H and O–H groups in total. The largest absolute Gasteiger partial charge is 0.394 e. The number of nitrogens with one attached hydrogen (secondary N) is 2. The lowest BCUT2D eigenvalue weighted by Crippen LogP contribution is -2.61. The highest BCUT2D eigenvalue weighted by atomic mass is 32.2. The molecule has 0 aromatic heterocycles. The first-order valence-electron chi connectivity index (χ1n) is 11.7. The number of rotatable bonds is 18. The van der Waals surface area contributed by atoms with E-state index < -0.39 is 80.7 Å². The number of carbonyl (C=O) groups excluding carboxylic acids is 3. The Labute approximate surface area is 218 Å². The number of ketones is 1. The van der Waals surface area contributed by atoms with E-state index >= 15 is 0 Å². The molecule has 1 saturated heterocycles. The molecule has 8 atom stereocenters. The minimum absolute atomic E-state index is 0.151. The number of hydroxylamine groups is 1. The summed E-state index contributed by atoms with van der Waals surface area (Å²) in [5, 5.41) is 71.0. The van der Waals surface area contributed by atoms with Crippen LogP contribution in [-0.2, 0) is 28.7 Å². The monoisotopic (exact) mass is 558 g/mol. The summed E-state index contributed by atoms with van der Waals surface area (Å²) in [6.45, 7) is -0.458. The van der Waals surface area contributed by atoms with Crippen molar-refractivity contribution in [3.8, 4) is 0 Å². The Morgan fingerprint density at radius 2 is 1.73 bits per heavy atom. The Kier molecular flexibility index (Phi) is 16.3. The predicted octanol–water partition coefficient (Wildman–Crippen LogP) is -4.46. The number of Topliss-reactive ketones (excluding diaryl/α,β-unsaturated/α-hetero) is 1. The van der Waals surface area contributed by atoms with Gasteiger partial charge in [0.25, 0.3) is 5.91 Å². The molecule has 0 bridgehead atoms. The fraction of sp³-hybridized carbons (Fsp3) is 0.857. The number of hydrogen-bond acceptors (Lipinski definition) is 14. The van der Waals surface area contributed by atoms with Crippen LogP contribution in [-0.4, -0.2) is 140 Å². The van der Waals surface area contributed by atoms with Crippen molar-refractivity contribution in [1.29, 1.82) is 0 Å². The van der Waals surface area contributed by atoms with Crippen molar-refractivity contribution >= 4 is 29.4 Å². The van der Waals surface area contributed by atoms with Crippen molar-refractivity contribution < 1.29 is 64.4 Å². The van der Waals surface area contributed by atoms with E-state index in [1.165, 1.54) is 0 Å². The van der Waals surface area contributed by atoms with Gasteiger partial charge in [-0.3, -0.25) is 14.4 Å². The molecule has 1 heterocycles. The SMILES string of the molecule is CC(=O)CCCCSCCNC(=O)CONC(=O)C(O)[C@H](O[C@H]1OC(CO)[C@H](O)C(O)C1O)C(O)CO. The van der Waals surface area contributed by atoms with Crippen molar-refractivity contribution in [2.24, 2.45) is 0 Å². The third-order valence-corrected chi connectivity index (χ3v) is 6.37. The highest BCUT2D eigenvalue weighted by molar-refractivity contribution is 7.99. The smallest absolute Gasteiger partial charge is 0.275 e. The van der Waals surface area contributed by atoms with Gasteiger partial charge in [-0.15, -0.1) is 0 Å². The molecule has 15 nitrogen and oxygen atoms in total. The van der Waals surface area contributed by atoms with Crippen molar-refractivity contribution in [3.63, 3.8) is 0 Å². The minimum Gasteiger partial charge on any atom is -0.394 e. The molecular weight excluding hydrogens is 520 g/mol. The van der Waals surface area contributed by atoms with E-state index in [1.807, 2.05) is 0 Å². The number of ether oxygens (including phenoxy) is 2. The molecular formula is C21H38N2O13S. The molecule has 216 valence electrons. The summed E-state index contributed by atoms with van der Waals surface area (Å²) in [6.07, 6.45) is -12.3. The first-order chi connectivity index (χ1) is 17.5. The summed E-state index contributed by atoms with van der Waals surface area (Å²) in [7, 11) is 0. The molecule has 1 aliphatic heterocycles. The fourth-order valence-electron chi connectivity index (χ4n) is 3.19. The van der Waals surface area contributed by atoms with Gasteiger partial charge in [0, 0.05) is 18.7 Å². The molecule has 0 saturated carbocycles. The molecule has 0 spiro atoms. The normalized spacial score (nSPS) is 26.2. The average molecular weight is 559 g/mol. The van der Waals surface area contributed by atoms with Crippen molar-refractivity contribution in [1.82, 2.24) is 10.8 Å². The van der Waals surface area contributed by atoms with Crippen LogP contribution in [0, 0.1) is 0 Å². The van der Waals surface area contributed by atoms with Gasteiger partial charge in [-0.2, -0.15) is 11.8 Å². The van der Waals surface area contributed by atoms with Gasteiger partial charge in [0.15, 0.2) is 19.0 Å². The maximum atomic E-state index is 12.2. The van der Waals surface area contributed by atoms with E-state index in [4.69, 9.17) is 14.3 Å². The van der Waals surface area contributed by atoms with Crippen LogP contribution < -0.4 is 10.8 Å². The number of hydrogen-bond donors (Lipinski definition) is 9. The number of aliphatic hydroxyl groups excluding tert-OH is 7. The van der Waals surface area contributed by atoms with Crippen molar-refractivity contribution in [3.05, 3.63) is 0 Å². The van der Waals surface area contributed by atoms with Gasteiger partial charge >= 0.3 is 0 Å². The zero-order chi connectivity index (χ0) is 28.0. The van der Waals surface area contributed by atoms with E-state index in [0.717, 1.165) is 18.6 Å². The van der Waals surface area contributed by atoms with Crippen LogP contribution >= 0.6 is 11.8 Å². The molecule has 5 unspecified atom stereocenters. The predicted molar refractivity (Wildman–Crippen MR) is 127 cm³/mol. The second-order valence-electron chi connectivity index (χ2n) is 8.37. The maximum Gasteiger partial charge on any atom is 0.275 e. The topological polar surface area (TPSA) is 245 Å². The van der Waals surface area contributed by atoms with E-state index in [2.05, 4.69) is 5.32 Å². The molecule has 37 heavy (non-hydrogen) atoms. The lowest BCUT2D eigenvalue weighted by molar-refractivity contribution is -0.323. The van der Waals surface area contributed by atoms with Gasteiger partial charge in [0.2, 0.25) is 5.91 Å². The van der Waals surface area contributed by atoms with Gasteiger partial charge in [0.05, 0.1) is 13.2 Å². The zero-order valence-corrected chi connectivity index (χ0v) is 21.3. The molecule has 1 rings (SSSR count). The fourth-order valence-corrected chi connectivity index (χ4v) is 4.05. The summed E-state index contributed by atoms with van der Waals surface area (Å²) in [6, 6.07) is 0. The number of thioether (sulfide) groups is 1. The third-order valence-electron chi connectivity index (χ3n) is 5.30. The lowest BCUT2D eigenvalue weighted by Gasteiger charge is -2.41.